The van der Waals surface area contributed by atoms with Gasteiger partial charge in [-0.2, -0.15) is 0 Å². The predicted octanol–water partition coefficient (Wildman–Crippen LogP) is 2.25. The molecule has 0 atom stereocenters. The number of sulfone groups is 1. The minimum absolute atomic E-state index is 0.0396. The van der Waals surface area contributed by atoms with Crippen molar-refractivity contribution in [2.45, 2.75) is 18.6 Å². The monoisotopic (exact) mass is 400 g/mol. The van der Waals surface area contributed by atoms with Crippen LogP contribution in [0.4, 0.5) is 5.69 Å². The van der Waals surface area contributed by atoms with E-state index in [1.165, 1.54) is 19.2 Å². The molecule has 7 nitrogen and oxygen atoms in total. The Bertz CT molecular complexity index is 1030. The molecule has 0 spiro atoms. The molecular formula is C20H20N2O5S. The Hall–Kier alpha value is -3.00. The number of benzene rings is 2. The number of hydrogen-bond donors (Lipinski definition) is 1. The van der Waals surface area contributed by atoms with Crippen molar-refractivity contribution >= 4 is 33.2 Å². The van der Waals surface area contributed by atoms with Gasteiger partial charge in [-0.3, -0.25) is 19.3 Å². The second-order valence-electron chi connectivity index (χ2n) is 6.66. The fourth-order valence-electron chi connectivity index (χ4n) is 3.02. The molecule has 0 radical (unpaired) electrons. The third-order valence-corrected chi connectivity index (χ3v) is 6.15. The van der Waals surface area contributed by atoms with Crippen LogP contribution in [-0.4, -0.2) is 43.8 Å². The zero-order valence-electron chi connectivity index (χ0n) is 15.3. The van der Waals surface area contributed by atoms with Crippen molar-refractivity contribution in [2.75, 3.05) is 18.1 Å². The van der Waals surface area contributed by atoms with E-state index < -0.39 is 15.7 Å². The number of nitrogens with zero attached hydrogens (tertiary/aromatic N) is 1. The van der Waals surface area contributed by atoms with Crippen LogP contribution < -0.4 is 5.32 Å². The van der Waals surface area contributed by atoms with Gasteiger partial charge < -0.3 is 5.32 Å². The third-order valence-electron chi connectivity index (χ3n) is 4.46. The van der Waals surface area contributed by atoms with E-state index in [9.17, 15) is 22.8 Å². The highest BCUT2D eigenvalue weighted by Gasteiger charge is 2.32. The van der Waals surface area contributed by atoms with Gasteiger partial charge in [0.05, 0.1) is 22.6 Å². The second kappa shape index (κ2) is 7.93. The molecule has 0 saturated heterocycles. The van der Waals surface area contributed by atoms with Gasteiger partial charge in [-0.25, -0.2) is 8.42 Å². The number of hydrogen-bond acceptors (Lipinski definition) is 5. The largest absolute Gasteiger partial charge is 0.326 e. The minimum Gasteiger partial charge on any atom is -0.326 e. The van der Waals surface area contributed by atoms with E-state index in [1.54, 1.807) is 30.3 Å². The lowest BCUT2D eigenvalue weighted by molar-refractivity contribution is -0.116. The Kier molecular flexibility index (Phi) is 5.60. The number of fused-ring (bicyclic) bond motifs is 1. The molecule has 8 heteroatoms. The molecule has 1 heterocycles. The fraction of sp³-hybridized carbons (Fsp3) is 0.250. The smallest absolute Gasteiger partial charge is 0.261 e. The van der Waals surface area contributed by atoms with E-state index in [0.717, 1.165) is 4.90 Å². The molecule has 3 amide bonds. The lowest BCUT2D eigenvalue weighted by Crippen LogP contribution is -2.24. The van der Waals surface area contributed by atoms with E-state index in [0.29, 0.717) is 16.8 Å². The van der Waals surface area contributed by atoms with E-state index in [-0.39, 0.29) is 41.7 Å². The van der Waals surface area contributed by atoms with Crippen LogP contribution in [0.1, 0.15) is 39.1 Å². The van der Waals surface area contributed by atoms with Gasteiger partial charge in [0.25, 0.3) is 11.8 Å². The maximum absolute atomic E-state index is 12.2. The Morgan fingerprint density at radius 2 is 1.68 bits per heavy atom. The Labute approximate surface area is 163 Å². The van der Waals surface area contributed by atoms with Crippen molar-refractivity contribution in [1.82, 2.24) is 4.90 Å². The van der Waals surface area contributed by atoms with Crippen LogP contribution in [0, 0.1) is 0 Å². The molecule has 2 aromatic rings. The molecule has 146 valence electrons. The maximum atomic E-state index is 12.2. The molecule has 3 rings (SSSR count). The second-order valence-corrected chi connectivity index (χ2v) is 8.84. The molecule has 1 aliphatic heterocycles. The number of carbonyl (C=O) groups excluding carboxylic acids is 3. The van der Waals surface area contributed by atoms with Gasteiger partial charge in [0, 0.05) is 19.2 Å². The predicted molar refractivity (Wildman–Crippen MR) is 105 cm³/mol. The van der Waals surface area contributed by atoms with E-state index in [4.69, 9.17) is 0 Å². The number of nitrogens with one attached hydrogen (secondary N) is 1. The SMILES string of the molecule is CN1C(=O)c2ccc(NC(=O)CCCS(=O)(=O)Cc3ccccc3)cc2C1=O. The van der Waals surface area contributed by atoms with Crippen molar-refractivity contribution in [2.24, 2.45) is 0 Å². The van der Waals surface area contributed by atoms with Gasteiger partial charge in [-0.05, 0) is 30.2 Å². The summed E-state index contributed by atoms with van der Waals surface area (Å²) < 4.78 is 24.3. The summed E-state index contributed by atoms with van der Waals surface area (Å²) >= 11 is 0. The molecular weight excluding hydrogens is 380 g/mol. The third kappa shape index (κ3) is 4.45. The maximum Gasteiger partial charge on any atom is 0.261 e. The summed E-state index contributed by atoms with van der Waals surface area (Å²) in [5.41, 5.74) is 1.66. The van der Waals surface area contributed by atoms with Gasteiger partial charge in [-0.15, -0.1) is 0 Å². The number of carbonyl (C=O) groups is 3. The van der Waals surface area contributed by atoms with Crippen LogP contribution >= 0.6 is 0 Å². The molecule has 0 bridgehead atoms. The first-order chi connectivity index (χ1) is 13.3. The summed E-state index contributed by atoms with van der Waals surface area (Å²) in [5.74, 6) is -1.27. The van der Waals surface area contributed by atoms with Crippen molar-refractivity contribution in [1.29, 1.82) is 0 Å². The topological polar surface area (TPSA) is 101 Å². The zero-order valence-corrected chi connectivity index (χ0v) is 16.2. The van der Waals surface area contributed by atoms with Gasteiger partial charge >= 0.3 is 0 Å². The Morgan fingerprint density at radius 1 is 1.00 bits per heavy atom. The summed E-state index contributed by atoms with van der Waals surface area (Å²) in [6, 6.07) is 13.4. The van der Waals surface area contributed by atoms with Gasteiger partial charge in [0.2, 0.25) is 5.91 Å². The van der Waals surface area contributed by atoms with Gasteiger partial charge in [-0.1, -0.05) is 30.3 Å². The fourth-order valence-corrected chi connectivity index (χ4v) is 4.44. The molecule has 0 aliphatic carbocycles. The van der Waals surface area contributed by atoms with Crippen LogP contribution in [-0.2, 0) is 20.4 Å². The lowest BCUT2D eigenvalue weighted by Gasteiger charge is -2.07. The van der Waals surface area contributed by atoms with Crippen molar-refractivity contribution < 1.29 is 22.8 Å². The molecule has 0 unspecified atom stereocenters. The highest BCUT2D eigenvalue weighted by atomic mass is 32.2. The van der Waals surface area contributed by atoms with E-state index >= 15 is 0 Å². The standard InChI is InChI=1S/C20H20N2O5S/c1-22-19(24)16-10-9-15(12-17(16)20(22)25)21-18(23)8-5-11-28(26,27)13-14-6-3-2-4-7-14/h2-4,6-7,9-10,12H,5,8,11,13H2,1H3,(H,21,23). The molecule has 1 aliphatic rings. The van der Waals surface area contributed by atoms with E-state index in [1.807, 2.05) is 6.07 Å². The van der Waals surface area contributed by atoms with Crippen LogP contribution in [0.2, 0.25) is 0 Å². The zero-order chi connectivity index (χ0) is 20.3. The summed E-state index contributed by atoms with van der Waals surface area (Å²) in [4.78, 5) is 37.0. The number of amides is 3. The number of imide groups is 1. The average molecular weight is 400 g/mol. The lowest BCUT2D eigenvalue weighted by atomic mass is 10.1. The highest BCUT2D eigenvalue weighted by molar-refractivity contribution is 7.90. The molecule has 1 N–H and O–H groups in total. The van der Waals surface area contributed by atoms with Crippen LogP contribution in [0.5, 0.6) is 0 Å². The van der Waals surface area contributed by atoms with Crippen LogP contribution in [0.15, 0.2) is 48.5 Å². The number of anilines is 1. The molecule has 28 heavy (non-hydrogen) atoms. The van der Waals surface area contributed by atoms with Crippen molar-refractivity contribution in [3.63, 3.8) is 0 Å². The van der Waals surface area contributed by atoms with Crippen LogP contribution in [0.3, 0.4) is 0 Å². The quantitative estimate of drug-likeness (QED) is 0.719. The van der Waals surface area contributed by atoms with Gasteiger partial charge in [0.15, 0.2) is 9.84 Å². The minimum atomic E-state index is -3.30. The summed E-state index contributed by atoms with van der Waals surface area (Å²) in [5, 5.41) is 2.64. The molecule has 0 fully saturated rings. The summed E-state index contributed by atoms with van der Waals surface area (Å²) in [6.45, 7) is 0. The first-order valence-corrected chi connectivity index (χ1v) is 10.6. The Balaban J connectivity index is 1.53. The normalized spacial score (nSPS) is 13.5. The first-order valence-electron chi connectivity index (χ1n) is 8.77. The molecule has 0 saturated carbocycles. The molecule has 0 aromatic heterocycles. The number of rotatable bonds is 7. The summed E-state index contributed by atoms with van der Waals surface area (Å²) in [6.07, 6.45) is 0.240. The Morgan fingerprint density at radius 3 is 2.39 bits per heavy atom. The van der Waals surface area contributed by atoms with E-state index in [2.05, 4.69) is 5.32 Å². The summed E-state index contributed by atoms with van der Waals surface area (Å²) in [7, 11) is -1.90. The highest BCUT2D eigenvalue weighted by Crippen LogP contribution is 2.24. The van der Waals surface area contributed by atoms with Crippen LogP contribution in [0.25, 0.3) is 0 Å². The van der Waals surface area contributed by atoms with Gasteiger partial charge in [0.1, 0.15) is 0 Å². The average Bonchev–Trinajstić information content (AvgIpc) is 2.86. The first kappa shape index (κ1) is 19.8. The van der Waals surface area contributed by atoms with Crippen molar-refractivity contribution in [3.05, 3.63) is 65.2 Å². The van der Waals surface area contributed by atoms with Crippen molar-refractivity contribution in [3.8, 4) is 0 Å². The molecule has 2 aromatic carbocycles.